The number of anilines is 2. The quantitative estimate of drug-likeness (QED) is 0.725. The third-order valence-corrected chi connectivity index (χ3v) is 3.57. The van der Waals surface area contributed by atoms with E-state index in [1.165, 1.54) is 0 Å². The number of rotatable bonds is 8. The maximum Gasteiger partial charge on any atom is 0.319 e. The van der Waals surface area contributed by atoms with Gasteiger partial charge in [0.25, 0.3) is 0 Å². The molecule has 0 fully saturated rings. The summed E-state index contributed by atoms with van der Waals surface area (Å²) in [6, 6.07) is 18.7. The lowest BCUT2D eigenvalue weighted by molar-refractivity contribution is 0.252. The summed E-state index contributed by atoms with van der Waals surface area (Å²) in [4.78, 5) is 14.0. The molecule has 6 heteroatoms. The molecular weight excluding hydrogens is 316 g/mol. The molecule has 2 amide bonds. The number of carbonyl (C=O) groups excluding carboxylic acids is 1. The minimum absolute atomic E-state index is 0.00465. The van der Waals surface area contributed by atoms with Crippen LogP contribution in [0.4, 0.5) is 16.2 Å². The maximum atomic E-state index is 11.9. The van der Waals surface area contributed by atoms with Crippen LogP contribution in [-0.2, 0) is 0 Å². The third-order valence-electron chi connectivity index (χ3n) is 3.57. The second-order valence-corrected chi connectivity index (χ2v) is 5.46. The van der Waals surface area contributed by atoms with Crippen LogP contribution < -0.4 is 20.3 Å². The van der Waals surface area contributed by atoms with Gasteiger partial charge in [-0.2, -0.15) is 5.26 Å². The van der Waals surface area contributed by atoms with Gasteiger partial charge in [0.15, 0.2) is 6.61 Å². The summed E-state index contributed by atoms with van der Waals surface area (Å²) < 4.78 is 5.16. The van der Waals surface area contributed by atoms with Crippen LogP contribution in [-0.4, -0.2) is 32.8 Å². The number of amides is 2. The summed E-state index contributed by atoms with van der Waals surface area (Å²) in [6.45, 7) is 1.45. The molecular formula is C19H22N4O2. The van der Waals surface area contributed by atoms with Gasteiger partial charge in [0.05, 0.1) is 0 Å². The van der Waals surface area contributed by atoms with Crippen molar-refractivity contribution in [2.75, 3.05) is 37.0 Å². The summed E-state index contributed by atoms with van der Waals surface area (Å²) in [7, 11) is 2.03. The largest absolute Gasteiger partial charge is 0.479 e. The molecule has 0 aliphatic heterocycles. The van der Waals surface area contributed by atoms with Gasteiger partial charge >= 0.3 is 6.03 Å². The zero-order chi connectivity index (χ0) is 17.9. The van der Waals surface area contributed by atoms with Crippen LogP contribution >= 0.6 is 0 Å². The van der Waals surface area contributed by atoms with Gasteiger partial charge in [0, 0.05) is 31.5 Å². The number of benzene rings is 2. The molecule has 2 N–H and O–H groups in total. The highest BCUT2D eigenvalue weighted by Crippen LogP contribution is 2.15. The number of para-hydroxylation sites is 1. The average Bonchev–Trinajstić information content (AvgIpc) is 2.65. The predicted octanol–water partition coefficient (Wildman–Crippen LogP) is 3.24. The fourth-order valence-corrected chi connectivity index (χ4v) is 2.26. The van der Waals surface area contributed by atoms with Gasteiger partial charge in [-0.05, 0) is 42.8 Å². The van der Waals surface area contributed by atoms with E-state index in [0.29, 0.717) is 18.0 Å². The van der Waals surface area contributed by atoms with E-state index in [1.807, 2.05) is 31.3 Å². The first kappa shape index (κ1) is 18.1. The van der Waals surface area contributed by atoms with Crippen molar-refractivity contribution in [3.8, 4) is 11.8 Å². The Morgan fingerprint density at radius 3 is 2.56 bits per heavy atom. The zero-order valence-corrected chi connectivity index (χ0v) is 14.2. The third kappa shape index (κ3) is 6.43. The first-order chi connectivity index (χ1) is 12.2. The SMILES string of the molecule is CN(CCCNC(=O)Nc1ccc(OCC#N)cc1)c1ccccc1. The Kier molecular flexibility index (Phi) is 7.13. The van der Waals surface area contributed by atoms with E-state index in [-0.39, 0.29) is 12.6 Å². The molecule has 25 heavy (non-hydrogen) atoms. The van der Waals surface area contributed by atoms with Gasteiger partial charge in [-0.1, -0.05) is 18.2 Å². The normalized spacial score (nSPS) is 9.76. The second-order valence-electron chi connectivity index (χ2n) is 5.46. The molecule has 2 aromatic rings. The molecule has 0 aliphatic carbocycles. The molecule has 2 aromatic carbocycles. The molecule has 0 aliphatic rings. The van der Waals surface area contributed by atoms with E-state index in [2.05, 4.69) is 27.7 Å². The van der Waals surface area contributed by atoms with Crippen LogP contribution in [0.1, 0.15) is 6.42 Å². The summed E-state index contributed by atoms with van der Waals surface area (Å²) in [5, 5.41) is 14.1. The van der Waals surface area contributed by atoms with Gasteiger partial charge in [-0.25, -0.2) is 4.79 Å². The van der Waals surface area contributed by atoms with Crippen LogP contribution in [0.5, 0.6) is 5.75 Å². The maximum absolute atomic E-state index is 11.9. The first-order valence-corrected chi connectivity index (χ1v) is 8.10. The van der Waals surface area contributed by atoms with Gasteiger partial charge < -0.3 is 20.3 Å². The minimum atomic E-state index is -0.243. The summed E-state index contributed by atoms with van der Waals surface area (Å²) in [6.07, 6.45) is 0.847. The molecule has 0 heterocycles. The van der Waals surface area contributed by atoms with Crippen molar-refractivity contribution in [3.63, 3.8) is 0 Å². The lowest BCUT2D eigenvalue weighted by atomic mass is 10.3. The predicted molar refractivity (Wildman–Crippen MR) is 98.9 cm³/mol. The zero-order valence-electron chi connectivity index (χ0n) is 14.2. The van der Waals surface area contributed by atoms with Crippen LogP contribution in [0.3, 0.4) is 0 Å². The number of hydrogen-bond acceptors (Lipinski definition) is 4. The van der Waals surface area contributed by atoms with Gasteiger partial charge in [-0.3, -0.25) is 0 Å². The van der Waals surface area contributed by atoms with E-state index < -0.39 is 0 Å². The Hall–Kier alpha value is -3.20. The number of ether oxygens (including phenoxy) is 1. The highest BCUT2D eigenvalue weighted by atomic mass is 16.5. The molecule has 130 valence electrons. The molecule has 6 nitrogen and oxygen atoms in total. The van der Waals surface area contributed by atoms with E-state index >= 15 is 0 Å². The van der Waals surface area contributed by atoms with Crippen molar-refractivity contribution in [1.29, 1.82) is 5.26 Å². The molecule has 0 unspecified atom stereocenters. The topological polar surface area (TPSA) is 77.4 Å². The van der Waals surface area contributed by atoms with E-state index in [1.54, 1.807) is 24.3 Å². The van der Waals surface area contributed by atoms with E-state index in [0.717, 1.165) is 18.7 Å². The highest BCUT2D eigenvalue weighted by Gasteiger charge is 2.03. The van der Waals surface area contributed by atoms with Crippen LogP contribution in [0.25, 0.3) is 0 Å². The van der Waals surface area contributed by atoms with Crippen molar-refractivity contribution in [2.45, 2.75) is 6.42 Å². The summed E-state index contributed by atoms with van der Waals surface area (Å²) in [5.74, 6) is 0.594. The number of carbonyl (C=O) groups is 1. The molecule has 0 saturated carbocycles. The van der Waals surface area contributed by atoms with Gasteiger partial charge in [0.2, 0.25) is 0 Å². The van der Waals surface area contributed by atoms with E-state index in [9.17, 15) is 4.79 Å². The van der Waals surface area contributed by atoms with Gasteiger partial charge in [-0.15, -0.1) is 0 Å². The standard InChI is InChI=1S/C19H22N4O2/c1-23(17-6-3-2-4-7-17)14-5-13-21-19(24)22-16-8-10-18(11-9-16)25-15-12-20/h2-4,6-11H,5,13-15H2,1H3,(H2,21,22,24). The summed E-state index contributed by atoms with van der Waals surface area (Å²) in [5.41, 5.74) is 1.83. The Morgan fingerprint density at radius 2 is 1.88 bits per heavy atom. The van der Waals surface area contributed by atoms with Crippen LogP contribution in [0, 0.1) is 11.3 Å². The minimum Gasteiger partial charge on any atom is -0.479 e. The molecule has 0 bridgehead atoms. The van der Waals surface area contributed by atoms with Crippen LogP contribution in [0.2, 0.25) is 0 Å². The number of nitriles is 1. The number of urea groups is 1. The monoisotopic (exact) mass is 338 g/mol. The van der Waals surface area contributed by atoms with Gasteiger partial charge in [0.1, 0.15) is 11.8 Å². The van der Waals surface area contributed by atoms with E-state index in [4.69, 9.17) is 10.00 Å². The smallest absolute Gasteiger partial charge is 0.319 e. The van der Waals surface area contributed by atoms with Crippen molar-refractivity contribution >= 4 is 17.4 Å². The molecule has 2 rings (SSSR count). The molecule has 0 atom stereocenters. The Morgan fingerprint density at radius 1 is 1.16 bits per heavy atom. The average molecular weight is 338 g/mol. The molecule has 0 spiro atoms. The fourth-order valence-electron chi connectivity index (χ4n) is 2.26. The lowest BCUT2D eigenvalue weighted by Crippen LogP contribution is -2.31. The Labute approximate surface area is 148 Å². The molecule has 0 radical (unpaired) electrons. The first-order valence-electron chi connectivity index (χ1n) is 8.10. The molecule has 0 saturated heterocycles. The summed E-state index contributed by atoms with van der Waals surface area (Å²) >= 11 is 0. The second kappa shape index (κ2) is 9.83. The van der Waals surface area contributed by atoms with Crippen molar-refractivity contribution in [3.05, 3.63) is 54.6 Å². The highest BCUT2D eigenvalue weighted by molar-refractivity contribution is 5.89. The lowest BCUT2D eigenvalue weighted by Gasteiger charge is -2.19. The number of nitrogens with zero attached hydrogens (tertiary/aromatic N) is 2. The fraction of sp³-hybridized carbons (Fsp3) is 0.263. The Balaban J connectivity index is 1.66. The number of nitrogens with one attached hydrogen (secondary N) is 2. The number of hydrogen-bond donors (Lipinski definition) is 2. The van der Waals surface area contributed by atoms with Crippen molar-refractivity contribution in [1.82, 2.24) is 5.32 Å². The van der Waals surface area contributed by atoms with Crippen LogP contribution in [0.15, 0.2) is 54.6 Å². The Bertz CT molecular complexity index is 696. The van der Waals surface area contributed by atoms with Crippen molar-refractivity contribution in [2.24, 2.45) is 0 Å². The van der Waals surface area contributed by atoms with Crippen molar-refractivity contribution < 1.29 is 9.53 Å². The molecule has 0 aromatic heterocycles.